The SMILES string of the molecule is OC[C@](O)(c1ccccc1)C1CC1. The van der Waals surface area contributed by atoms with Crippen LogP contribution in [0.2, 0.25) is 0 Å². The molecule has 0 heterocycles. The molecule has 2 nitrogen and oxygen atoms in total. The number of hydrogen-bond acceptors (Lipinski definition) is 2. The average molecular weight is 178 g/mol. The van der Waals surface area contributed by atoms with E-state index in [-0.39, 0.29) is 12.5 Å². The Morgan fingerprint density at radius 1 is 1.23 bits per heavy atom. The van der Waals surface area contributed by atoms with Gasteiger partial charge in [0.1, 0.15) is 5.60 Å². The molecular formula is C11H14O2. The van der Waals surface area contributed by atoms with Gasteiger partial charge in [-0.05, 0) is 24.3 Å². The fraction of sp³-hybridized carbons (Fsp3) is 0.455. The summed E-state index contributed by atoms with van der Waals surface area (Å²) in [6.45, 7) is -0.179. The molecule has 1 aliphatic rings. The van der Waals surface area contributed by atoms with Crippen LogP contribution in [0.4, 0.5) is 0 Å². The maximum absolute atomic E-state index is 10.2. The molecule has 1 atom stereocenters. The molecule has 0 aromatic heterocycles. The first-order valence-electron chi connectivity index (χ1n) is 4.66. The van der Waals surface area contributed by atoms with Crippen LogP contribution in [-0.4, -0.2) is 16.8 Å². The van der Waals surface area contributed by atoms with E-state index in [2.05, 4.69) is 0 Å². The molecular weight excluding hydrogens is 164 g/mol. The van der Waals surface area contributed by atoms with E-state index < -0.39 is 5.60 Å². The minimum absolute atomic E-state index is 0.179. The monoisotopic (exact) mass is 178 g/mol. The highest BCUT2D eigenvalue weighted by atomic mass is 16.3. The summed E-state index contributed by atoms with van der Waals surface area (Å²) < 4.78 is 0. The lowest BCUT2D eigenvalue weighted by atomic mass is 9.90. The van der Waals surface area contributed by atoms with Crippen LogP contribution in [0.15, 0.2) is 30.3 Å². The molecule has 0 spiro atoms. The van der Waals surface area contributed by atoms with Crippen LogP contribution in [-0.2, 0) is 5.60 Å². The molecule has 2 heteroatoms. The quantitative estimate of drug-likeness (QED) is 0.732. The topological polar surface area (TPSA) is 40.5 Å². The number of hydrogen-bond donors (Lipinski definition) is 2. The summed E-state index contributed by atoms with van der Waals surface area (Å²) >= 11 is 0. The first-order valence-corrected chi connectivity index (χ1v) is 4.66. The summed E-state index contributed by atoms with van der Waals surface area (Å²) in [6, 6.07) is 9.42. The third kappa shape index (κ3) is 1.47. The Labute approximate surface area is 77.8 Å². The highest BCUT2D eigenvalue weighted by Gasteiger charge is 2.44. The highest BCUT2D eigenvalue weighted by molar-refractivity contribution is 5.24. The van der Waals surface area contributed by atoms with Gasteiger partial charge in [0.25, 0.3) is 0 Å². The van der Waals surface area contributed by atoms with Gasteiger partial charge in [0.05, 0.1) is 6.61 Å². The van der Waals surface area contributed by atoms with E-state index in [4.69, 9.17) is 0 Å². The van der Waals surface area contributed by atoms with Gasteiger partial charge in [-0.3, -0.25) is 0 Å². The second kappa shape index (κ2) is 3.13. The second-order valence-electron chi connectivity index (χ2n) is 3.72. The van der Waals surface area contributed by atoms with Gasteiger partial charge < -0.3 is 10.2 Å². The van der Waals surface area contributed by atoms with Crippen LogP contribution in [0, 0.1) is 5.92 Å². The third-order valence-electron chi connectivity index (χ3n) is 2.77. The van der Waals surface area contributed by atoms with Crippen LogP contribution in [0.25, 0.3) is 0 Å². The van der Waals surface area contributed by atoms with Crippen molar-refractivity contribution in [2.24, 2.45) is 5.92 Å². The fourth-order valence-corrected chi connectivity index (χ4v) is 1.74. The molecule has 2 rings (SSSR count). The Hall–Kier alpha value is -0.860. The number of rotatable bonds is 3. The molecule has 1 aromatic rings. The molecule has 13 heavy (non-hydrogen) atoms. The maximum Gasteiger partial charge on any atom is 0.115 e. The molecule has 0 saturated heterocycles. The zero-order valence-electron chi connectivity index (χ0n) is 7.48. The lowest BCUT2D eigenvalue weighted by Gasteiger charge is -2.26. The largest absolute Gasteiger partial charge is 0.393 e. The van der Waals surface area contributed by atoms with Crippen LogP contribution < -0.4 is 0 Å². The maximum atomic E-state index is 10.2. The molecule has 0 aliphatic heterocycles. The Kier molecular flexibility index (Phi) is 2.10. The molecule has 1 saturated carbocycles. The summed E-state index contributed by atoms with van der Waals surface area (Å²) in [5.41, 5.74) is -0.165. The zero-order chi connectivity index (χ0) is 9.31. The van der Waals surface area contributed by atoms with E-state index in [1.54, 1.807) is 0 Å². The lowest BCUT2D eigenvalue weighted by molar-refractivity contribution is -0.0383. The molecule has 0 unspecified atom stereocenters. The van der Waals surface area contributed by atoms with Gasteiger partial charge in [-0.1, -0.05) is 30.3 Å². The molecule has 1 fully saturated rings. The summed E-state index contributed by atoms with van der Waals surface area (Å²) in [7, 11) is 0. The van der Waals surface area contributed by atoms with Crippen molar-refractivity contribution in [3.05, 3.63) is 35.9 Å². The van der Waals surface area contributed by atoms with Crippen LogP contribution in [0.3, 0.4) is 0 Å². The average Bonchev–Trinajstić information content (AvgIpc) is 3.02. The normalized spacial score (nSPS) is 21.1. The number of aliphatic hydroxyl groups is 2. The van der Waals surface area contributed by atoms with Crippen molar-refractivity contribution >= 4 is 0 Å². The van der Waals surface area contributed by atoms with E-state index in [9.17, 15) is 10.2 Å². The van der Waals surface area contributed by atoms with Gasteiger partial charge in [0.15, 0.2) is 0 Å². The second-order valence-corrected chi connectivity index (χ2v) is 3.72. The summed E-state index contributed by atoms with van der Waals surface area (Å²) in [6.07, 6.45) is 2.04. The van der Waals surface area contributed by atoms with Crippen molar-refractivity contribution in [3.63, 3.8) is 0 Å². The highest BCUT2D eigenvalue weighted by Crippen LogP contribution is 2.45. The van der Waals surface area contributed by atoms with Crippen LogP contribution in [0.5, 0.6) is 0 Å². The molecule has 0 amide bonds. The number of benzene rings is 1. The van der Waals surface area contributed by atoms with Gasteiger partial charge in [-0.2, -0.15) is 0 Å². The van der Waals surface area contributed by atoms with Crippen molar-refractivity contribution in [3.8, 4) is 0 Å². The zero-order valence-corrected chi connectivity index (χ0v) is 7.48. The lowest BCUT2D eigenvalue weighted by Crippen LogP contribution is -2.32. The first-order chi connectivity index (χ1) is 6.27. The van der Waals surface area contributed by atoms with Crippen molar-refractivity contribution in [1.82, 2.24) is 0 Å². The summed E-state index contributed by atoms with van der Waals surface area (Å²) in [5, 5.41) is 19.4. The van der Waals surface area contributed by atoms with Crippen LogP contribution in [0.1, 0.15) is 18.4 Å². The van der Waals surface area contributed by atoms with Crippen molar-refractivity contribution in [2.45, 2.75) is 18.4 Å². The minimum Gasteiger partial charge on any atom is -0.393 e. The van der Waals surface area contributed by atoms with E-state index in [1.807, 2.05) is 30.3 Å². The van der Waals surface area contributed by atoms with E-state index in [1.165, 1.54) is 0 Å². The fourth-order valence-electron chi connectivity index (χ4n) is 1.74. The van der Waals surface area contributed by atoms with Crippen molar-refractivity contribution in [1.29, 1.82) is 0 Å². The standard InChI is InChI=1S/C11H14O2/c12-8-11(13,10-6-7-10)9-4-2-1-3-5-9/h1-5,10,12-13H,6-8H2/t11-/m0/s1. The Bertz CT molecular complexity index is 279. The first kappa shape index (κ1) is 8.73. The Morgan fingerprint density at radius 3 is 2.31 bits per heavy atom. The summed E-state index contributed by atoms with van der Waals surface area (Å²) in [4.78, 5) is 0. The third-order valence-corrected chi connectivity index (χ3v) is 2.77. The van der Waals surface area contributed by atoms with E-state index in [0.717, 1.165) is 18.4 Å². The smallest absolute Gasteiger partial charge is 0.115 e. The van der Waals surface area contributed by atoms with E-state index in [0.29, 0.717) is 0 Å². The van der Waals surface area contributed by atoms with E-state index >= 15 is 0 Å². The van der Waals surface area contributed by atoms with Crippen molar-refractivity contribution < 1.29 is 10.2 Å². The predicted molar refractivity (Wildman–Crippen MR) is 50.1 cm³/mol. The number of aliphatic hydroxyl groups excluding tert-OH is 1. The Balaban J connectivity index is 2.30. The molecule has 1 aromatic carbocycles. The molecule has 1 aliphatic carbocycles. The minimum atomic E-state index is -0.999. The molecule has 70 valence electrons. The van der Waals surface area contributed by atoms with Gasteiger partial charge in [0.2, 0.25) is 0 Å². The predicted octanol–water partition coefficient (Wildman–Crippen LogP) is 1.28. The van der Waals surface area contributed by atoms with Crippen LogP contribution >= 0.6 is 0 Å². The van der Waals surface area contributed by atoms with Gasteiger partial charge in [-0.15, -0.1) is 0 Å². The van der Waals surface area contributed by atoms with Gasteiger partial charge >= 0.3 is 0 Å². The molecule has 0 bridgehead atoms. The molecule has 2 N–H and O–H groups in total. The molecule has 0 radical (unpaired) electrons. The van der Waals surface area contributed by atoms with Gasteiger partial charge in [0, 0.05) is 0 Å². The Morgan fingerprint density at radius 2 is 1.85 bits per heavy atom. The van der Waals surface area contributed by atoms with Crippen molar-refractivity contribution in [2.75, 3.05) is 6.61 Å². The summed E-state index contributed by atoms with van der Waals surface area (Å²) in [5.74, 6) is 0.250. The van der Waals surface area contributed by atoms with Gasteiger partial charge in [-0.25, -0.2) is 0 Å².